The quantitative estimate of drug-likeness (QED) is 0.540. The molecule has 2 aromatic carbocycles. The zero-order valence-electron chi connectivity index (χ0n) is 15.2. The highest BCUT2D eigenvalue weighted by molar-refractivity contribution is 7.14. The Labute approximate surface area is 169 Å². The topological polar surface area (TPSA) is 77.5 Å². The molecule has 0 aliphatic rings. The molecule has 0 fully saturated rings. The largest absolute Gasteiger partial charge is 0.484 e. The molecular formula is C20H16F2N2O4S. The van der Waals surface area contributed by atoms with Crippen molar-refractivity contribution in [2.24, 2.45) is 0 Å². The molecule has 0 unspecified atom stereocenters. The number of Topliss-reactive ketones (excluding diaryl/α,β-unsaturated/α-hetero) is 1. The molecule has 0 spiro atoms. The smallest absolute Gasteiger partial charge is 0.387 e. The number of anilines is 1. The molecular weight excluding hydrogens is 402 g/mol. The number of rotatable bonds is 8. The second-order valence-electron chi connectivity index (χ2n) is 5.83. The average Bonchev–Trinajstić information content (AvgIpc) is 3.15. The number of carbonyl (C=O) groups is 2. The SMILES string of the molecule is CC(=O)c1ccc(OCC(=O)Nc2nc(-c3ccccc3OC(F)F)cs2)cc1. The van der Waals surface area contributed by atoms with Gasteiger partial charge in [0.2, 0.25) is 0 Å². The van der Waals surface area contributed by atoms with Gasteiger partial charge < -0.3 is 9.47 Å². The Morgan fingerprint density at radius 3 is 2.55 bits per heavy atom. The Morgan fingerprint density at radius 1 is 1.14 bits per heavy atom. The summed E-state index contributed by atoms with van der Waals surface area (Å²) < 4.78 is 35.0. The first-order valence-electron chi connectivity index (χ1n) is 8.46. The minimum Gasteiger partial charge on any atom is -0.484 e. The van der Waals surface area contributed by atoms with E-state index in [9.17, 15) is 18.4 Å². The Kier molecular flexibility index (Phi) is 6.50. The van der Waals surface area contributed by atoms with E-state index in [0.29, 0.717) is 27.7 Å². The summed E-state index contributed by atoms with van der Waals surface area (Å²) in [4.78, 5) is 27.6. The summed E-state index contributed by atoms with van der Waals surface area (Å²) in [5, 5.41) is 4.52. The fourth-order valence-electron chi connectivity index (χ4n) is 2.42. The maximum atomic E-state index is 12.6. The predicted molar refractivity (Wildman–Crippen MR) is 105 cm³/mol. The van der Waals surface area contributed by atoms with Gasteiger partial charge in [0.25, 0.3) is 5.91 Å². The third kappa shape index (κ3) is 5.58. The summed E-state index contributed by atoms with van der Waals surface area (Å²) >= 11 is 1.15. The lowest BCUT2D eigenvalue weighted by molar-refractivity contribution is -0.118. The molecule has 3 rings (SSSR count). The monoisotopic (exact) mass is 418 g/mol. The number of alkyl halides is 2. The number of nitrogens with one attached hydrogen (secondary N) is 1. The summed E-state index contributed by atoms with van der Waals surface area (Å²) in [5.41, 5.74) is 1.35. The van der Waals surface area contributed by atoms with E-state index in [1.165, 1.54) is 13.0 Å². The lowest BCUT2D eigenvalue weighted by atomic mass is 10.1. The van der Waals surface area contributed by atoms with Crippen LogP contribution in [0.3, 0.4) is 0 Å². The molecule has 150 valence electrons. The van der Waals surface area contributed by atoms with Crippen molar-refractivity contribution in [1.82, 2.24) is 4.98 Å². The standard InChI is InChI=1S/C20H16F2N2O4S/c1-12(25)13-6-8-14(9-7-13)27-10-18(26)24-20-23-16(11-29-20)15-4-2-3-5-17(15)28-19(21)22/h2-9,11,19H,10H2,1H3,(H,23,24,26). The number of halogens is 2. The van der Waals surface area contributed by atoms with Crippen LogP contribution < -0.4 is 14.8 Å². The van der Waals surface area contributed by atoms with E-state index >= 15 is 0 Å². The summed E-state index contributed by atoms with van der Waals surface area (Å²) in [5.74, 6) is -0.0425. The highest BCUT2D eigenvalue weighted by atomic mass is 32.1. The van der Waals surface area contributed by atoms with Gasteiger partial charge in [0, 0.05) is 16.5 Å². The third-order valence-corrected chi connectivity index (χ3v) is 4.52. The molecule has 6 nitrogen and oxygen atoms in total. The second-order valence-corrected chi connectivity index (χ2v) is 6.69. The lowest BCUT2D eigenvalue weighted by Crippen LogP contribution is -2.20. The molecule has 0 atom stereocenters. The van der Waals surface area contributed by atoms with Crippen LogP contribution >= 0.6 is 11.3 Å². The highest BCUT2D eigenvalue weighted by Gasteiger charge is 2.14. The van der Waals surface area contributed by atoms with Crippen LogP contribution in [0.4, 0.5) is 13.9 Å². The molecule has 0 aliphatic heterocycles. The predicted octanol–water partition coefficient (Wildman–Crippen LogP) is 4.63. The molecule has 3 aromatic rings. The van der Waals surface area contributed by atoms with Crippen LogP contribution in [0.15, 0.2) is 53.9 Å². The molecule has 0 saturated heterocycles. The number of benzene rings is 2. The molecule has 9 heteroatoms. The number of aromatic nitrogens is 1. The highest BCUT2D eigenvalue weighted by Crippen LogP contribution is 2.33. The number of amides is 1. The van der Waals surface area contributed by atoms with E-state index in [1.807, 2.05) is 0 Å². The van der Waals surface area contributed by atoms with Crippen molar-refractivity contribution >= 4 is 28.2 Å². The maximum Gasteiger partial charge on any atom is 0.387 e. The van der Waals surface area contributed by atoms with Crippen LogP contribution in [0.2, 0.25) is 0 Å². The van der Waals surface area contributed by atoms with Crippen molar-refractivity contribution in [3.63, 3.8) is 0 Å². The van der Waals surface area contributed by atoms with Crippen molar-refractivity contribution in [1.29, 1.82) is 0 Å². The zero-order valence-corrected chi connectivity index (χ0v) is 16.0. The van der Waals surface area contributed by atoms with Crippen LogP contribution in [0.5, 0.6) is 11.5 Å². The molecule has 29 heavy (non-hydrogen) atoms. The normalized spacial score (nSPS) is 10.6. The zero-order chi connectivity index (χ0) is 20.8. The Hall–Kier alpha value is -3.33. The van der Waals surface area contributed by atoms with E-state index in [0.717, 1.165) is 11.3 Å². The van der Waals surface area contributed by atoms with E-state index in [4.69, 9.17) is 4.74 Å². The van der Waals surface area contributed by atoms with Crippen molar-refractivity contribution in [2.45, 2.75) is 13.5 Å². The van der Waals surface area contributed by atoms with Gasteiger partial charge in [0.15, 0.2) is 17.5 Å². The van der Waals surface area contributed by atoms with Gasteiger partial charge in [0.1, 0.15) is 11.5 Å². The summed E-state index contributed by atoms with van der Waals surface area (Å²) in [6.07, 6.45) is 0. The molecule has 0 bridgehead atoms. The average molecular weight is 418 g/mol. The van der Waals surface area contributed by atoms with E-state index in [2.05, 4.69) is 15.0 Å². The van der Waals surface area contributed by atoms with Gasteiger partial charge in [-0.2, -0.15) is 8.78 Å². The molecule has 0 saturated carbocycles. The number of thiazole rings is 1. The van der Waals surface area contributed by atoms with Crippen LogP contribution in [0.25, 0.3) is 11.3 Å². The maximum absolute atomic E-state index is 12.6. The van der Waals surface area contributed by atoms with Gasteiger partial charge in [-0.1, -0.05) is 12.1 Å². The number of hydrogen-bond donors (Lipinski definition) is 1. The molecule has 1 heterocycles. The first-order valence-corrected chi connectivity index (χ1v) is 9.33. The molecule has 0 radical (unpaired) electrons. The van der Waals surface area contributed by atoms with Crippen LogP contribution in [0.1, 0.15) is 17.3 Å². The van der Waals surface area contributed by atoms with Crippen molar-refractivity contribution < 1.29 is 27.8 Å². The Balaban J connectivity index is 1.60. The van der Waals surface area contributed by atoms with Gasteiger partial charge in [-0.3, -0.25) is 14.9 Å². The van der Waals surface area contributed by atoms with Crippen molar-refractivity contribution in [3.05, 3.63) is 59.5 Å². The van der Waals surface area contributed by atoms with Gasteiger partial charge in [-0.05, 0) is 43.3 Å². The van der Waals surface area contributed by atoms with Crippen molar-refractivity contribution in [3.8, 4) is 22.8 Å². The van der Waals surface area contributed by atoms with Crippen LogP contribution in [0, 0.1) is 0 Å². The fraction of sp³-hybridized carbons (Fsp3) is 0.150. The van der Waals surface area contributed by atoms with Gasteiger partial charge in [-0.15, -0.1) is 11.3 Å². The van der Waals surface area contributed by atoms with Gasteiger partial charge in [-0.25, -0.2) is 4.98 Å². The molecule has 1 N–H and O–H groups in total. The number of para-hydroxylation sites is 1. The van der Waals surface area contributed by atoms with E-state index < -0.39 is 12.5 Å². The first-order chi connectivity index (χ1) is 13.9. The number of carbonyl (C=O) groups excluding carboxylic acids is 2. The van der Waals surface area contributed by atoms with Gasteiger partial charge in [0.05, 0.1) is 5.69 Å². The molecule has 1 aromatic heterocycles. The summed E-state index contributed by atoms with van der Waals surface area (Å²) in [6, 6.07) is 12.7. The van der Waals surface area contributed by atoms with Crippen LogP contribution in [-0.4, -0.2) is 29.9 Å². The molecule has 1 amide bonds. The second kappa shape index (κ2) is 9.24. The number of ether oxygens (including phenoxy) is 2. The van der Waals surface area contributed by atoms with E-state index in [1.54, 1.807) is 47.8 Å². The minimum absolute atomic E-state index is 0.00279. The first kappa shape index (κ1) is 20.4. The Bertz CT molecular complexity index is 1010. The number of hydrogen-bond acceptors (Lipinski definition) is 6. The lowest BCUT2D eigenvalue weighted by Gasteiger charge is -2.08. The summed E-state index contributed by atoms with van der Waals surface area (Å²) in [7, 11) is 0. The van der Waals surface area contributed by atoms with Crippen LogP contribution in [-0.2, 0) is 4.79 Å². The number of nitrogens with zero attached hydrogens (tertiary/aromatic N) is 1. The Morgan fingerprint density at radius 2 is 1.86 bits per heavy atom. The molecule has 0 aliphatic carbocycles. The van der Waals surface area contributed by atoms with Gasteiger partial charge >= 0.3 is 6.61 Å². The number of ketones is 1. The summed E-state index contributed by atoms with van der Waals surface area (Å²) in [6.45, 7) is -1.74. The van der Waals surface area contributed by atoms with Crippen molar-refractivity contribution in [2.75, 3.05) is 11.9 Å². The van der Waals surface area contributed by atoms with E-state index in [-0.39, 0.29) is 18.1 Å². The fourth-order valence-corrected chi connectivity index (χ4v) is 3.15. The third-order valence-electron chi connectivity index (χ3n) is 3.76. The minimum atomic E-state index is -2.95.